The Bertz CT molecular complexity index is 1060. The van der Waals surface area contributed by atoms with Crippen LogP contribution in [0.4, 0.5) is 14.5 Å². The second kappa shape index (κ2) is 7.74. The number of benzene rings is 2. The zero-order valence-corrected chi connectivity index (χ0v) is 16.1. The predicted octanol–water partition coefficient (Wildman–Crippen LogP) is 2.35. The number of hydrogen-bond acceptors (Lipinski definition) is 5. The number of carbonyl (C=O) groups is 3. The van der Waals surface area contributed by atoms with E-state index in [1.165, 1.54) is 36.3 Å². The van der Waals surface area contributed by atoms with Crippen molar-refractivity contribution in [3.63, 3.8) is 0 Å². The molecule has 2 aliphatic heterocycles. The lowest BCUT2D eigenvalue weighted by molar-refractivity contribution is -0.136. The van der Waals surface area contributed by atoms with E-state index in [2.05, 4.69) is 10.6 Å². The van der Waals surface area contributed by atoms with E-state index in [9.17, 15) is 23.2 Å². The Labute approximate surface area is 171 Å². The zero-order valence-electron chi connectivity index (χ0n) is 16.1. The van der Waals surface area contributed by atoms with E-state index in [1.54, 1.807) is 0 Å². The van der Waals surface area contributed by atoms with Crippen LogP contribution < -0.4 is 15.4 Å². The highest BCUT2D eigenvalue weighted by Crippen LogP contribution is 2.33. The smallest absolute Gasteiger partial charge is 0.255 e. The maximum Gasteiger partial charge on any atom is 0.255 e. The van der Waals surface area contributed by atoms with Gasteiger partial charge in [-0.1, -0.05) is 0 Å². The van der Waals surface area contributed by atoms with Gasteiger partial charge in [-0.2, -0.15) is 0 Å². The summed E-state index contributed by atoms with van der Waals surface area (Å²) in [6.07, 6.45) is 0.343. The minimum atomic E-state index is -0.797. The van der Waals surface area contributed by atoms with Crippen molar-refractivity contribution in [2.45, 2.75) is 32.0 Å². The number of piperidine rings is 1. The molecule has 2 aromatic rings. The number of imide groups is 1. The van der Waals surface area contributed by atoms with Gasteiger partial charge >= 0.3 is 0 Å². The minimum Gasteiger partial charge on any atom is -0.497 e. The monoisotopic (exact) mass is 415 g/mol. The molecule has 2 aromatic carbocycles. The van der Waals surface area contributed by atoms with Crippen molar-refractivity contribution in [1.82, 2.24) is 10.2 Å². The SMILES string of the molecule is COc1ccc(F)c(CNc2cc(F)cc3c2CN(C2CCC(=O)NC2=O)C3=O)c1. The van der Waals surface area contributed by atoms with Crippen molar-refractivity contribution in [2.75, 3.05) is 12.4 Å². The highest BCUT2D eigenvalue weighted by atomic mass is 19.1. The first kappa shape index (κ1) is 19.8. The summed E-state index contributed by atoms with van der Waals surface area (Å²) < 4.78 is 33.4. The molecule has 156 valence electrons. The van der Waals surface area contributed by atoms with Gasteiger partial charge < -0.3 is 15.0 Å². The van der Waals surface area contributed by atoms with Gasteiger partial charge in [-0.15, -0.1) is 0 Å². The number of hydrogen-bond donors (Lipinski definition) is 2. The standard InChI is InChI=1S/C21H19F2N3O4/c1-30-13-2-3-16(23)11(6-13)9-24-17-8-12(22)7-14-15(17)10-26(21(14)29)18-4-5-19(27)25-20(18)28/h2-3,6-8,18,24H,4-5,9-10H2,1H3,(H,25,27,28). The molecule has 2 heterocycles. The van der Waals surface area contributed by atoms with E-state index < -0.39 is 29.5 Å². The van der Waals surface area contributed by atoms with Crippen LogP contribution in [0.25, 0.3) is 0 Å². The second-order valence-corrected chi connectivity index (χ2v) is 7.19. The molecule has 1 unspecified atom stereocenters. The van der Waals surface area contributed by atoms with Crippen LogP contribution in [0, 0.1) is 11.6 Å². The summed E-state index contributed by atoms with van der Waals surface area (Å²) >= 11 is 0. The van der Waals surface area contributed by atoms with E-state index in [0.717, 1.165) is 6.07 Å². The third kappa shape index (κ3) is 3.58. The minimum absolute atomic E-state index is 0.0472. The molecule has 0 spiro atoms. The molecule has 1 saturated heterocycles. The summed E-state index contributed by atoms with van der Waals surface area (Å²) in [5.74, 6) is -1.99. The van der Waals surface area contributed by atoms with Crippen LogP contribution in [0.15, 0.2) is 30.3 Å². The molecule has 4 rings (SSSR count). The molecule has 30 heavy (non-hydrogen) atoms. The first-order valence-corrected chi connectivity index (χ1v) is 9.40. The summed E-state index contributed by atoms with van der Waals surface area (Å²) in [6, 6.07) is 5.87. The first-order chi connectivity index (χ1) is 14.4. The molecule has 2 aliphatic rings. The number of carbonyl (C=O) groups excluding carboxylic acids is 3. The number of anilines is 1. The van der Waals surface area contributed by atoms with E-state index in [1.807, 2.05) is 0 Å². The molecule has 9 heteroatoms. The number of ether oxygens (including phenoxy) is 1. The maximum absolute atomic E-state index is 14.2. The Morgan fingerprint density at radius 2 is 2.00 bits per heavy atom. The highest BCUT2D eigenvalue weighted by Gasteiger charge is 2.40. The van der Waals surface area contributed by atoms with Crippen LogP contribution in [-0.2, 0) is 22.7 Å². The molecule has 1 atom stereocenters. The second-order valence-electron chi connectivity index (χ2n) is 7.19. The number of methoxy groups -OCH3 is 1. The Balaban J connectivity index is 1.59. The molecular formula is C21H19F2N3O4. The Kier molecular flexibility index (Phi) is 5.11. The fraction of sp³-hybridized carbons (Fsp3) is 0.286. The number of amides is 3. The Morgan fingerprint density at radius 1 is 1.20 bits per heavy atom. The number of rotatable bonds is 5. The van der Waals surface area contributed by atoms with Gasteiger partial charge in [0, 0.05) is 41.9 Å². The summed E-state index contributed by atoms with van der Waals surface area (Å²) in [5, 5.41) is 5.22. The highest BCUT2D eigenvalue weighted by molar-refractivity contribution is 6.06. The lowest BCUT2D eigenvalue weighted by atomic mass is 10.0. The largest absolute Gasteiger partial charge is 0.497 e. The Hall–Kier alpha value is -3.49. The van der Waals surface area contributed by atoms with E-state index in [-0.39, 0.29) is 37.4 Å². The molecule has 0 aromatic heterocycles. The lowest BCUT2D eigenvalue weighted by Crippen LogP contribution is -2.52. The van der Waals surface area contributed by atoms with Crippen LogP contribution in [-0.4, -0.2) is 35.8 Å². The van der Waals surface area contributed by atoms with Gasteiger partial charge in [-0.3, -0.25) is 19.7 Å². The van der Waals surface area contributed by atoms with Gasteiger partial charge in [0.1, 0.15) is 23.4 Å². The third-order valence-electron chi connectivity index (χ3n) is 5.34. The molecule has 0 saturated carbocycles. The predicted molar refractivity (Wildman–Crippen MR) is 103 cm³/mol. The average molecular weight is 415 g/mol. The first-order valence-electron chi connectivity index (χ1n) is 9.40. The topological polar surface area (TPSA) is 87.7 Å². The van der Waals surface area contributed by atoms with Crippen LogP contribution in [0.5, 0.6) is 5.75 Å². The molecular weight excluding hydrogens is 396 g/mol. The van der Waals surface area contributed by atoms with Gasteiger partial charge in [0.15, 0.2) is 0 Å². The molecule has 0 aliphatic carbocycles. The van der Waals surface area contributed by atoms with Gasteiger partial charge in [-0.05, 0) is 36.8 Å². The molecule has 3 amide bonds. The van der Waals surface area contributed by atoms with Gasteiger partial charge in [0.25, 0.3) is 5.91 Å². The van der Waals surface area contributed by atoms with Crippen LogP contribution >= 0.6 is 0 Å². The quantitative estimate of drug-likeness (QED) is 0.732. The van der Waals surface area contributed by atoms with Crippen molar-refractivity contribution in [3.8, 4) is 5.75 Å². The van der Waals surface area contributed by atoms with Crippen molar-refractivity contribution in [1.29, 1.82) is 0 Å². The summed E-state index contributed by atoms with van der Waals surface area (Å²) in [5.41, 5.74) is 1.33. The van der Waals surface area contributed by atoms with Gasteiger partial charge in [0.05, 0.1) is 7.11 Å². The summed E-state index contributed by atoms with van der Waals surface area (Å²) in [4.78, 5) is 37.7. The van der Waals surface area contributed by atoms with Gasteiger partial charge in [-0.25, -0.2) is 8.78 Å². The van der Waals surface area contributed by atoms with E-state index >= 15 is 0 Å². The molecule has 1 fully saturated rings. The van der Waals surface area contributed by atoms with Gasteiger partial charge in [0.2, 0.25) is 11.8 Å². The molecule has 0 radical (unpaired) electrons. The normalized spacial score (nSPS) is 18.3. The number of fused-ring (bicyclic) bond motifs is 1. The van der Waals surface area contributed by atoms with Crippen LogP contribution in [0.3, 0.4) is 0 Å². The average Bonchev–Trinajstić information content (AvgIpc) is 3.03. The fourth-order valence-corrected chi connectivity index (χ4v) is 3.79. The summed E-state index contributed by atoms with van der Waals surface area (Å²) in [6.45, 7) is 0.134. The van der Waals surface area contributed by atoms with Crippen molar-refractivity contribution in [2.24, 2.45) is 0 Å². The van der Waals surface area contributed by atoms with Crippen LogP contribution in [0.2, 0.25) is 0 Å². The lowest BCUT2D eigenvalue weighted by Gasteiger charge is -2.29. The number of halogens is 2. The van der Waals surface area contributed by atoms with E-state index in [0.29, 0.717) is 22.6 Å². The zero-order chi connectivity index (χ0) is 21.4. The maximum atomic E-state index is 14.2. The summed E-state index contributed by atoms with van der Waals surface area (Å²) in [7, 11) is 1.47. The fourth-order valence-electron chi connectivity index (χ4n) is 3.79. The number of nitrogens with zero attached hydrogens (tertiary/aromatic N) is 1. The van der Waals surface area contributed by atoms with E-state index in [4.69, 9.17) is 4.74 Å². The van der Waals surface area contributed by atoms with Crippen LogP contribution in [0.1, 0.15) is 34.3 Å². The molecule has 2 N–H and O–H groups in total. The van der Waals surface area contributed by atoms with Crippen molar-refractivity contribution < 1.29 is 27.9 Å². The Morgan fingerprint density at radius 3 is 2.73 bits per heavy atom. The van der Waals surface area contributed by atoms with Crippen molar-refractivity contribution in [3.05, 3.63) is 58.7 Å². The number of nitrogens with one attached hydrogen (secondary N) is 2. The third-order valence-corrected chi connectivity index (χ3v) is 5.34. The molecule has 7 nitrogen and oxygen atoms in total. The molecule has 0 bridgehead atoms. The van der Waals surface area contributed by atoms with Crippen molar-refractivity contribution >= 4 is 23.4 Å².